The number of anilines is 1. The molecule has 0 radical (unpaired) electrons. The minimum atomic E-state index is -4.47. The van der Waals surface area contributed by atoms with E-state index in [1.54, 1.807) is 24.3 Å². The molecule has 16 heavy (non-hydrogen) atoms. The molecule has 1 heterocycles. The first-order valence-corrected chi connectivity index (χ1v) is 6.81. The second-order valence-corrected chi connectivity index (χ2v) is 5.86. The van der Waals surface area contributed by atoms with Gasteiger partial charge in [-0.05, 0) is 12.1 Å². The van der Waals surface area contributed by atoms with Gasteiger partial charge in [-0.2, -0.15) is 0 Å². The average Bonchev–Trinajstić information content (AvgIpc) is 2.28. The lowest BCUT2D eigenvalue weighted by Crippen LogP contribution is -2.39. The van der Waals surface area contributed by atoms with Gasteiger partial charge < -0.3 is 0 Å². The predicted molar refractivity (Wildman–Crippen MR) is 60.4 cm³/mol. The first-order chi connectivity index (χ1) is 7.53. The molecule has 1 aliphatic heterocycles. The quantitative estimate of drug-likeness (QED) is 0.588. The molecule has 0 unspecified atom stereocenters. The summed E-state index contributed by atoms with van der Waals surface area (Å²) in [4.78, 5) is 11.2. The molecule has 86 valence electrons. The fourth-order valence-corrected chi connectivity index (χ4v) is 3.52. The summed E-state index contributed by atoms with van der Waals surface area (Å²) in [7, 11) is -4.47. The van der Waals surface area contributed by atoms with E-state index in [9.17, 15) is 18.5 Å². The highest BCUT2D eigenvalue weighted by Gasteiger charge is 2.36. The number of nitro groups is 1. The van der Waals surface area contributed by atoms with E-state index in [0.29, 0.717) is 11.4 Å². The van der Waals surface area contributed by atoms with Crippen molar-refractivity contribution in [1.29, 1.82) is 0 Å². The van der Waals surface area contributed by atoms with E-state index >= 15 is 0 Å². The topological polar surface area (TPSA) is 80.5 Å². The Morgan fingerprint density at radius 3 is 2.75 bits per heavy atom. The summed E-state index contributed by atoms with van der Waals surface area (Å²) in [5, 5.41) is 10.5. The first-order valence-electron chi connectivity index (χ1n) is 4.42. The molecule has 0 spiro atoms. The van der Waals surface area contributed by atoms with Crippen molar-refractivity contribution in [3.63, 3.8) is 0 Å². The van der Waals surface area contributed by atoms with Gasteiger partial charge in [0.1, 0.15) is 0 Å². The van der Waals surface area contributed by atoms with Gasteiger partial charge in [0, 0.05) is 17.2 Å². The molecule has 0 aliphatic carbocycles. The normalized spacial score (nSPS) is 15.6. The van der Waals surface area contributed by atoms with E-state index in [0.717, 1.165) is 9.20 Å². The Morgan fingerprint density at radius 1 is 1.38 bits per heavy atom. The zero-order valence-electron chi connectivity index (χ0n) is 8.07. The molecule has 0 saturated carbocycles. The molecule has 1 aromatic rings. The van der Waals surface area contributed by atoms with Crippen LogP contribution in [0.4, 0.5) is 5.69 Å². The number of hydrogen-bond acceptors (Lipinski definition) is 5. The maximum atomic E-state index is 11.5. The Balaban J connectivity index is 2.51. The van der Waals surface area contributed by atoms with Gasteiger partial charge in [0.25, 0.3) is 0 Å². The highest BCUT2D eigenvalue weighted by atomic mass is 32.2. The molecule has 0 fully saturated rings. The van der Waals surface area contributed by atoms with Crippen LogP contribution in [0.25, 0.3) is 0 Å². The lowest BCUT2D eigenvalue weighted by Gasteiger charge is -2.25. The van der Waals surface area contributed by atoms with E-state index in [2.05, 4.69) is 0 Å². The summed E-state index contributed by atoms with van der Waals surface area (Å²) in [6.45, 7) is 0.130. The Morgan fingerprint density at radius 2 is 2.06 bits per heavy atom. The second kappa shape index (κ2) is 3.95. The molecule has 1 aromatic carbocycles. The molecule has 0 aromatic heterocycles. The van der Waals surface area contributed by atoms with Crippen LogP contribution in [0.3, 0.4) is 0 Å². The number of nitrogens with zero attached hydrogens (tertiary/aromatic N) is 2. The van der Waals surface area contributed by atoms with Crippen LogP contribution in [-0.2, 0) is 10.2 Å². The number of thioether (sulfide) groups is 1. The molecule has 6 nitrogen and oxygen atoms in total. The van der Waals surface area contributed by atoms with Gasteiger partial charge in [-0.3, -0.25) is 0 Å². The SMILES string of the molecule is O=[N+]([O-])S(=O)(=O)N1CCSc2ccccc21. The van der Waals surface area contributed by atoms with Crippen molar-refractivity contribution >= 4 is 27.7 Å². The van der Waals surface area contributed by atoms with Crippen LogP contribution in [-0.4, -0.2) is 25.0 Å². The maximum absolute atomic E-state index is 11.5. The highest BCUT2D eigenvalue weighted by Crippen LogP contribution is 2.35. The summed E-state index contributed by atoms with van der Waals surface area (Å²) in [5.41, 5.74) is 0.385. The van der Waals surface area contributed by atoms with Crippen LogP contribution in [0.5, 0.6) is 0 Å². The lowest BCUT2D eigenvalue weighted by molar-refractivity contribution is -0.305. The van der Waals surface area contributed by atoms with Gasteiger partial charge >= 0.3 is 10.2 Å². The minimum Gasteiger partial charge on any atom is -0.245 e. The molecule has 0 saturated heterocycles. The third-order valence-electron chi connectivity index (χ3n) is 2.15. The second-order valence-electron chi connectivity index (χ2n) is 3.09. The third-order valence-corrected chi connectivity index (χ3v) is 4.51. The summed E-state index contributed by atoms with van der Waals surface area (Å²) in [5.74, 6) is 0.518. The molecule has 8 heteroatoms. The lowest BCUT2D eigenvalue weighted by atomic mass is 10.3. The van der Waals surface area contributed by atoms with Crippen molar-refractivity contribution in [2.75, 3.05) is 16.6 Å². The van der Waals surface area contributed by atoms with Gasteiger partial charge in [0.2, 0.25) is 0 Å². The Labute approximate surface area is 96.6 Å². The van der Waals surface area contributed by atoms with Crippen LogP contribution in [0.1, 0.15) is 0 Å². The van der Waals surface area contributed by atoms with Crippen molar-refractivity contribution in [2.45, 2.75) is 4.90 Å². The van der Waals surface area contributed by atoms with Gasteiger partial charge in [-0.15, -0.1) is 20.2 Å². The van der Waals surface area contributed by atoms with E-state index in [1.165, 1.54) is 11.8 Å². The third kappa shape index (κ3) is 1.74. The Hall–Kier alpha value is -1.28. The van der Waals surface area contributed by atoms with E-state index in [1.807, 2.05) is 0 Å². The number of fused-ring (bicyclic) bond motifs is 1. The number of rotatable bonds is 2. The molecular weight excluding hydrogens is 252 g/mol. The van der Waals surface area contributed by atoms with Gasteiger partial charge in [-0.25, -0.2) is 14.4 Å². The summed E-state index contributed by atoms with van der Waals surface area (Å²) < 4.78 is 22.5. The van der Waals surface area contributed by atoms with Gasteiger partial charge in [0.15, 0.2) is 4.33 Å². The molecule has 2 rings (SSSR count). The molecular formula is C8H8N2O4S2. The molecule has 0 bridgehead atoms. The van der Waals surface area contributed by atoms with Crippen molar-refractivity contribution in [1.82, 2.24) is 0 Å². The number of hydrogen-bond donors (Lipinski definition) is 0. The summed E-state index contributed by atoms with van der Waals surface area (Å²) in [6, 6.07) is 6.76. The standard InChI is InChI=1S/C8H8N2O4S2/c11-10(12)16(13,14)9-5-6-15-8-4-2-1-3-7(8)9/h1-4H,5-6H2. The number of benzene rings is 1. The monoisotopic (exact) mass is 260 g/mol. The maximum Gasteiger partial charge on any atom is 0.524 e. The van der Waals surface area contributed by atoms with Crippen molar-refractivity contribution in [3.8, 4) is 0 Å². The molecule has 1 aliphatic rings. The first kappa shape index (κ1) is 11.2. The Bertz CT molecular complexity index is 529. The largest absolute Gasteiger partial charge is 0.524 e. The van der Waals surface area contributed by atoms with Crippen molar-refractivity contribution in [3.05, 3.63) is 34.4 Å². The van der Waals surface area contributed by atoms with Crippen molar-refractivity contribution < 1.29 is 12.7 Å². The molecule has 0 amide bonds. The zero-order chi connectivity index (χ0) is 11.8. The van der Waals surface area contributed by atoms with Crippen LogP contribution in [0, 0.1) is 10.1 Å². The Kier molecular flexibility index (Phi) is 2.76. The summed E-state index contributed by atoms with van der Waals surface area (Å²) >= 11 is 1.49. The smallest absolute Gasteiger partial charge is 0.245 e. The molecule has 0 atom stereocenters. The van der Waals surface area contributed by atoms with E-state index in [4.69, 9.17) is 0 Å². The molecule has 0 N–H and O–H groups in total. The van der Waals surface area contributed by atoms with Crippen LogP contribution >= 0.6 is 11.8 Å². The predicted octanol–water partition coefficient (Wildman–Crippen LogP) is 1.12. The fourth-order valence-electron chi connectivity index (χ4n) is 1.46. The van der Waals surface area contributed by atoms with E-state index < -0.39 is 14.5 Å². The fraction of sp³-hybridized carbons (Fsp3) is 0.250. The zero-order valence-corrected chi connectivity index (χ0v) is 9.70. The van der Waals surface area contributed by atoms with Crippen molar-refractivity contribution in [2.24, 2.45) is 0 Å². The van der Waals surface area contributed by atoms with Gasteiger partial charge in [-0.1, -0.05) is 12.1 Å². The van der Waals surface area contributed by atoms with Gasteiger partial charge in [0.05, 0.1) is 5.69 Å². The van der Waals surface area contributed by atoms with Crippen LogP contribution < -0.4 is 4.31 Å². The van der Waals surface area contributed by atoms with Crippen LogP contribution in [0.2, 0.25) is 0 Å². The minimum absolute atomic E-state index is 0.130. The average molecular weight is 260 g/mol. The van der Waals surface area contributed by atoms with Crippen LogP contribution in [0.15, 0.2) is 29.2 Å². The summed E-state index contributed by atoms with van der Waals surface area (Å²) in [6.07, 6.45) is 0. The van der Waals surface area contributed by atoms with E-state index in [-0.39, 0.29) is 6.54 Å². The number of para-hydroxylation sites is 1. The highest BCUT2D eigenvalue weighted by molar-refractivity contribution is 7.99.